The number of nitrogens with zero attached hydrogens (tertiary/aromatic N) is 2. The van der Waals surface area contributed by atoms with Crippen molar-refractivity contribution in [1.29, 1.82) is 0 Å². The molecular weight excluding hydrogens is 290 g/mol. The van der Waals surface area contributed by atoms with Crippen LogP contribution in [0, 0.1) is 0 Å². The Morgan fingerprint density at radius 3 is 2.95 bits per heavy atom. The van der Waals surface area contributed by atoms with Crippen LogP contribution in [-0.2, 0) is 0 Å². The average molecular weight is 307 g/mol. The second kappa shape index (κ2) is 6.82. The molecule has 112 valence electrons. The normalized spacial score (nSPS) is 17.5. The average Bonchev–Trinajstić information content (AvgIpc) is 3.22. The zero-order chi connectivity index (χ0) is 14.5. The molecule has 21 heavy (non-hydrogen) atoms. The van der Waals surface area contributed by atoms with Crippen LogP contribution in [0.15, 0.2) is 39.8 Å². The van der Waals surface area contributed by atoms with Crippen molar-refractivity contribution in [1.82, 2.24) is 15.4 Å². The van der Waals surface area contributed by atoms with Gasteiger partial charge >= 0.3 is 0 Å². The Balaban J connectivity index is 1.66. The number of aromatic nitrogens is 1. The lowest BCUT2D eigenvalue weighted by Crippen LogP contribution is -2.41. The topological polar surface area (TPSA) is 71.5 Å². The molecule has 2 aromatic heterocycles. The Labute approximate surface area is 126 Å². The second-order valence-corrected chi connectivity index (χ2v) is 6.03. The van der Waals surface area contributed by atoms with E-state index in [1.54, 1.807) is 18.6 Å². The maximum Gasteiger partial charge on any atom is 0.289 e. The summed E-state index contributed by atoms with van der Waals surface area (Å²) in [5, 5.41) is 6.45. The van der Waals surface area contributed by atoms with Gasteiger partial charge in [0.05, 0.1) is 24.8 Å². The maximum atomic E-state index is 12.0. The van der Waals surface area contributed by atoms with Gasteiger partial charge in [-0.1, -0.05) is 5.16 Å². The predicted molar refractivity (Wildman–Crippen MR) is 79.2 cm³/mol. The van der Waals surface area contributed by atoms with E-state index in [0.29, 0.717) is 6.54 Å². The molecule has 0 aliphatic carbocycles. The molecule has 1 aliphatic rings. The lowest BCUT2D eigenvalue weighted by Gasteiger charge is -2.33. The minimum absolute atomic E-state index is 0.122. The molecule has 1 fully saturated rings. The molecule has 7 heteroatoms. The second-order valence-electron chi connectivity index (χ2n) is 4.81. The summed E-state index contributed by atoms with van der Waals surface area (Å²) in [6.07, 6.45) is 4.87. The summed E-state index contributed by atoms with van der Waals surface area (Å²) in [5.74, 6) is 2.22. The number of carbonyl (C=O) groups excluding carboxylic acids is 1. The number of hydrogen-bond acceptors (Lipinski definition) is 6. The molecule has 0 aromatic carbocycles. The SMILES string of the molecule is O=C(NC[C@H](c1ccoc1)N1CCSCC1)c1ccno1. The Morgan fingerprint density at radius 2 is 2.29 bits per heavy atom. The number of furan rings is 1. The van der Waals surface area contributed by atoms with Crippen LogP contribution >= 0.6 is 11.8 Å². The molecular formula is C14H17N3O3S. The van der Waals surface area contributed by atoms with Gasteiger partial charge in [-0.2, -0.15) is 11.8 Å². The fourth-order valence-corrected chi connectivity index (χ4v) is 3.35. The molecule has 0 radical (unpaired) electrons. The molecule has 6 nitrogen and oxygen atoms in total. The van der Waals surface area contributed by atoms with E-state index in [4.69, 9.17) is 8.94 Å². The standard InChI is InChI=1S/C14H17N3O3S/c18-14(13-1-3-16-20-13)15-9-12(11-2-6-19-10-11)17-4-7-21-8-5-17/h1-3,6,10,12H,4-5,7-9H2,(H,15,18)/t12-/m1/s1. The molecule has 3 rings (SSSR count). The third-order valence-corrected chi connectivity index (χ3v) is 4.47. The van der Waals surface area contributed by atoms with Gasteiger partial charge in [-0.25, -0.2) is 0 Å². The Morgan fingerprint density at radius 1 is 1.43 bits per heavy atom. The quantitative estimate of drug-likeness (QED) is 0.908. The largest absolute Gasteiger partial charge is 0.472 e. The van der Waals surface area contributed by atoms with E-state index in [1.807, 2.05) is 17.8 Å². The molecule has 0 spiro atoms. The molecule has 0 unspecified atom stereocenters. The zero-order valence-electron chi connectivity index (χ0n) is 11.5. The van der Waals surface area contributed by atoms with E-state index in [2.05, 4.69) is 15.4 Å². The fourth-order valence-electron chi connectivity index (χ4n) is 2.42. The first-order valence-corrected chi connectivity index (χ1v) is 8.03. The number of amides is 1. The molecule has 3 heterocycles. The van der Waals surface area contributed by atoms with Crippen LogP contribution < -0.4 is 5.32 Å². The van der Waals surface area contributed by atoms with Gasteiger partial charge in [-0.05, 0) is 6.07 Å². The lowest BCUT2D eigenvalue weighted by molar-refractivity contribution is 0.0898. The minimum Gasteiger partial charge on any atom is -0.472 e. The highest BCUT2D eigenvalue weighted by Gasteiger charge is 2.24. The first-order valence-electron chi connectivity index (χ1n) is 6.87. The summed E-state index contributed by atoms with van der Waals surface area (Å²) in [5.41, 5.74) is 1.08. The fraction of sp³-hybridized carbons (Fsp3) is 0.429. The number of hydrogen-bond donors (Lipinski definition) is 1. The van der Waals surface area contributed by atoms with Crippen molar-refractivity contribution in [2.75, 3.05) is 31.1 Å². The van der Waals surface area contributed by atoms with Gasteiger partial charge in [-0.15, -0.1) is 0 Å². The van der Waals surface area contributed by atoms with E-state index in [1.165, 1.54) is 6.20 Å². The first kappa shape index (κ1) is 14.2. The van der Waals surface area contributed by atoms with Gasteiger partial charge in [0.1, 0.15) is 0 Å². The summed E-state index contributed by atoms with van der Waals surface area (Å²) in [6, 6.07) is 3.63. The minimum atomic E-state index is -0.243. The monoisotopic (exact) mass is 307 g/mol. The highest BCUT2D eigenvalue weighted by atomic mass is 32.2. The molecule has 1 amide bonds. The Hall–Kier alpha value is -1.73. The van der Waals surface area contributed by atoms with Crippen LogP contribution in [-0.4, -0.2) is 47.1 Å². The molecule has 0 bridgehead atoms. The number of rotatable bonds is 5. The third-order valence-electron chi connectivity index (χ3n) is 3.53. The van der Waals surface area contributed by atoms with E-state index >= 15 is 0 Å². The van der Waals surface area contributed by atoms with Crippen molar-refractivity contribution >= 4 is 17.7 Å². The summed E-state index contributed by atoms with van der Waals surface area (Å²) in [6.45, 7) is 2.54. The van der Waals surface area contributed by atoms with Crippen LogP contribution in [0.2, 0.25) is 0 Å². The maximum absolute atomic E-state index is 12.0. The molecule has 1 N–H and O–H groups in total. The Kier molecular flexibility index (Phi) is 4.62. The van der Waals surface area contributed by atoms with Crippen molar-refractivity contribution in [3.8, 4) is 0 Å². The lowest BCUT2D eigenvalue weighted by atomic mass is 10.1. The van der Waals surface area contributed by atoms with Gasteiger partial charge in [0.25, 0.3) is 5.91 Å². The molecule has 2 aromatic rings. The van der Waals surface area contributed by atoms with E-state index in [9.17, 15) is 4.79 Å². The summed E-state index contributed by atoms with van der Waals surface area (Å²) in [4.78, 5) is 14.3. The van der Waals surface area contributed by atoms with Gasteiger partial charge in [0.15, 0.2) is 0 Å². The third kappa shape index (κ3) is 3.48. The number of carbonyl (C=O) groups is 1. The summed E-state index contributed by atoms with van der Waals surface area (Å²) in [7, 11) is 0. The van der Waals surface area contributed by atoms with Crippen molar-refractivity contribution in [3.63, 3.8) is 0 Å². The summed E-state index contributed by atoms with van der Waals surface area (Å²) < 4.78 is 10.1. The van der Waals surface area contributed by atoms with E-state index in [0.717, 1.165) is 30.2 Å². The van der Waals surface area contributed by atoms with Crippen LogP contribution in [0.4, 0.5) is 0 Å². The Bertz CT molecular complexity index is 550. The van der Waals surface area contributed by atoms with Gasteiger partial charge in [0.2, 0.25) is 5.76 Å². The number of thioether (sulfide) groups is 1. The predicted octanol–water partition coefficient (Wildman–Crippen LogP) is 1.79. The van der Waals surface area contributed by atoms with Crippen LogP contribution in [0.1, 0.15) is 22.2 Å². The molecule has 1 aliphatic heterocycles. The van der Waals surface area contributed by atoms with Gasteiger partial charge in [-0.3, -0.25) is 9.69 Å². The van der Waals surface area contributed by atoms with Crippen molar-refractivity contribution in [2.24, 2.45) is 0 Å². The van der Waals surface area contributed by atoms with Crippen molar-refractivity contribution < 1.29 is 13.7 Å². The highest BCUT2D eigenvalue weighted by Crippen LogP contribution is 2.24. The zero-order valence-corrected chi connectivity index (χ0v) is 12.3. The summed E-state index contributed by atoms with van der Waals surface area (Å²) >= 11 is 1.96. The van der Waals surface area contributed by atoms with Crippen LogP contribution in [0.5, 0.6) is 0 Å². The van der Waals surface area contributed by atoms with Crippen LogP contribution in [0.25, 0.3) is 0 Å². The molecule has 1 saturated heterocycles. The van der Waals surface area contributed by atoms with E-state index < -0.39 is 0 Å². The van der Waals surface area contributed by atoms with E-state index in [-0.39, 0.29) is 17.7 Å². The molecule has 0 saturated carbocycles. The van der Waals surface area contributed by atoms with Crippen molar-refractivity contribution in [2.45, 2.75) is 6.04 Å². The first-order chi connectivity index (χ1) is 10.3. The molecule has 1 atom stereocenters. The van der Waals surface area contributed by atoms with Crippen LogP contribution in [0.3, 0.4) is 0 Å². The van der Waals surface area contributed by atoms with Gasteiger partial charge in [0, 0.05) is 42.8 Å². The number of nitrogens with one attached hydrogen (secondary N) is 1. The highest BCUT2D eigenvalue weighted by molar-refractivity contribution is 7.99. The van der Waals surface area contributed by atoms with Gasteiger partial charge < -0.3 is 14.3 Å². The van der Waals surface area contributed by atoms with Crippen molar-refractivity contribution in [3.05, 3.63) is 42.2 Å². The smallest absolute Gasteiger partial charge is 0.289 e.